The van der Waals surface area contributed by atoms with Crippen molar-refractivity contribution in [3.8, 4) is 39.9 Å². The van der Waals surface area contributed by atoms with Crippen molar-refractivity contribution in [3.63, 3.8) is 0 Å². The van der Waals surface area contributed by atoms with Crippen LogP contribution in [0.1, 0.15) is 0 Å². The second kappa shape index (κ2) is 13.2. The van der Waals surface area contributed by atoms with Crippen molar-refractivity contribution < 1.29 is 4.42 Å². The molecule has 4 heterocycles. The van der Waals surface area contributed by atoms with E-state index in [4.69, 9.17) is 19.4 Å². The van der Waals surface area contributed by atoms with Crippen molar-refractivity contribution in [1.82, 2.24) is 19.5 Å². The van der Waals surface area contributed by atoms with Gasteiger partial charge in [-0.2, -0.15) is 0 Å². The summed E-state index contributed by atoms with van der Waals surface area (Å²) in [4.78, 5) is 15.7. The van der Waals surface area contributed by atoms with Crippen LogP contribution in [-0.4, -0.2) is 19.5 Å². The SMILES string of the molecule is c1ccc(-c2nc(-c3ccc4c(c3)sc3ccccc34)nc(-c3cc4oc5ccccc5c4c4cc(-n5c6cc7ccccc7cc6c6c7ccccc7ccc65)ccc34)n2)cc1. The number of hydrogen-bond acceptors (Lipinski definition) is 5. The van der Waals surface area contributed by atoms with Crippen LogP contribution in [0.2, 0.25) is 0 Å². The van der Waals surface area contributed by atoms with Crippen LogP contribution < -0.4 is 0 Å². The Balaban J connectivity index is 1.05. The molecule has 0 fully saturated rings. The van der Waals surface area contributed by atoms with Crippen molar-refractivity contribution in [3.05, 3.63) is 194 Å². The molecule has 0 amide bonds. The number of fused-ring (bicyclic) bond motifs is 14. The lowest BCUT2D eigenvalue weighted by Crippen LogP contribution is -2.01. The van der Waals surface area contributed by atoms with Gasteiger partial charge in [-0.3, -0.25) is 0 Å². The van der Waals surface area contributed by atoms with E-state index in [0.29, 0.717) is 17.5 Å². The zero-order chi connectivity index (χ0) is 41.2. The molecule has 0 unspecified atom stereocenters. The van der Waals surface area contributed by atoms with E-state index < -0.39 is 0 Å². The Bertz CT molecular complexity index is 4220. The van der Waals surface area contributed by atoms with Gasteiger partial charge in [0.15, 0.2) is 17.5 Å². The quantitative estimate of drug-likeness (QED) is 0.177. The lowest BCUT2D eigenvalue weighted by molar-refractivity contribution is 0.669. The molecule has 63 heavy (non-hydrogen) atoms. The Labute approximate surface area is 363 Å². The smallest absolute Gasteiger partial charge is 0.164 e. The summed E-state index contributed by atoms with van der Waals surface area (Å²) in [6.07, 6.45) is 0. The van der Waals surface area contributed by atoms with Crippen LogP contribution in [0.3, 0.4) is 0 Å². The summed E-state index contributed by atoms with van der Waals surface area (Å²) >= 11 is 1.79. The zero-order valence-electron chi connectivity index (χ0n) is 33.6. The summed E-state index contributed by atoms with van der Waals surface area (Å²) in [7, 11) is 0. The minimum atomic E-state index is 0.588. The first-order chi connectivity index (χ1) is 31.2. The molecule has 0 atom stereocenters. The number of hydrogen-bond donors (Lipinski definition) is 0. The number of aromatic nitrogens is 4. The molecule has 292 valence electrons. The van der Waals surface area contributed by atoms with Crippen LogP contribution in [0.15, 0.2) is 199 Å². The second-order valence-corrected chi connectivity index (χ2v) is 17.4. The molecule has 0 spiro atoms. The molecule has 14 aromatic rings. The van der Waals surface area contributed by atoms with Gasteiger partial charge in [0.2, 0.25) is 0 Å². The highest BCUT2D eigenvalue weighted by atomic mass is 32.1. The van der Waals surface area contributed by atoms with Gasteiger partial charge in [0, 0.05) is 64.1 Å². The van der Waals surface area contributed by atoms with E-state index in [1.165, 1.54) is 52.5 Å². The average molecular weight is 821 g/mol. The normalized spacial score (nSPS) is 12.1. The Morgan fingerprint density at radius 3 is 1.92 bits per heavy atom. The summed E-state index contributed by atoms with van der Waals surface area (Å²) in [5, 5.41) is 14.1. The van der Waals surface area contributed by atoms with E-state index in [1.807, 2.05) is 30.3 Å². The highest BCUT2D eigenvalue weighted by molar-refractivity contribution is 7.25. The van der Waals surface area contributed by atoms with Gasteiger partial charge in [0.1, 0.15) is 11.2 Å². The van der Waals surface area contributed by atoms with Crippen LogP contribution in [0.25, 0.3) is 136 Å². The second-order valence-electron chi connectivity index (χ2n) is 16.3. The third-order valence-corrected chi connectivity index (χ3v) is 13.9. The third kappa shape index (κ3) is 5.19. The number of benzene rings is 10. The van der Waals surface area contributed by atoms with E-state index in [-0.39, 0.29) is 0 Å². The van der Waals surface area contributed by atoms with Crippen molar-refractivity contribution in [2.24, 2.45) is 0 Å². The van der Waals surface area contributed by atoms with Crippen LogP contribution in [0.5, 0.6) is 0 Å². The maximum Gasteiger partial charge on any atom is 0.164 e. The summed E-state index contributed by atoms with van der Waals surface area (Å²) in [6, 6.07) is 69.2. The molecule has 0 radical (unpaired) electrons. The van der Waals surface area contributed by atoms with Crippen molar-refractivity contribution in [2.45, 2.75) is 0 Å². The maximum atomic E-state index is 6.72. The molecule has 0 aliphatic rings. The topological polar surface area (TPSA) is 56.7 Å². The van der Waals surface area contributed by atoms with E-state index in [2.05, 4.69) is 168 Å². The first kappa shape index (κ1) is 34.5. The molecule has 0 N–H and O–H groups in total. The number of thiophene rings is 1. The van der Waals surface area contributed by atoms with Gasteiger partial charge in [-0.15, -0.1) is 11.3 Å². The van der Waals surface area contributed by atoms with Crippen molar-refractivity contribution in [2.75, 3.05) is 0 Å². The minimum absolute atomic E-state index is 0.588. The molecule has 4 aromatic heterocycles. The van der Waals surface area contributed by atoms with E-state index >= 15 is 0 Å². The van der Waals surface area contributed by atoms with Crippen LogP contribution in [0, 0.1) is 0 Å². The van der Waals surface area contributed by atoms with Gasteiger partial charge in [-0.25, -0.2) is 15.0 Å². The van der Waals surface area contributed by atoms with E-state index in [9.17, 15) is 0 Å². The molecule has 0 saturated carbocycles. The van der Waals surface area contributed by atoms with E-state index in [0.717, 1.165) is 66.1 Å². The largest absolute Gasteiger partial charge is 0.456 e. The lowest BCUT2D eigenvalue weighted by atomic mass is 9.97. The Morgan fingerprint density at radius 2 is 1.05 bits per heavy atom. The molecule has 14 rings (SSSR count). The summed E-state index contributed by atoms with van der Waals surface area (Å²) in [5.74, 6) is 1.83. The van der Waals surface area contributed by atoms with Gasteiger partial charge in [-0.1, -0.05) is 140 Å². The third-order valence-electron chi connectivity index (χ3n) is 12.8. The van der Waals surface area contributed by atoms with Gasteiger partial charge >= 0.3 is 0 Å². The minimum Gasteiger partial charge on any atom is -0.456 e. The van der Waals surface area contributed by atoms with E-state index in [1.54, 1.807) is 11.3 Å². The molecular weight excluding hydrogens is 789 g/mol. The van der Waals surface area contributed by atoms with Gasteiger partial charge in [0.25, 0.3) is 0 Å². The first-order valence-corrected chi connectivity index (χ1v) is 22.0. The number of nitrogens with zero attached hydrogens (tertiary/aromatic N) is 4. The standard InChI is InChI=1S/C57H32N4OS/c1-2-13-34(14-3-1)55-58-56(37-22-25-42-41-18-9-11-21-51(41)63-52(42)30-37)60-57(59-55)45-32-50-54(43-19-8-10-20-49(43)62-50)44-31-38(24-26-40(44)45)61-47-27-23-33-12-6-7-17-39(33)53(47)46-28-35-15-4-5-16-36(35)29-48(46)61/h1-32H. The fraction of sp³-hybridized carbons (Fsp3) is 0. The Kier molecular flexibility index (Phi) is 7.21. The molecule has 5 nitrogen and oxygen atoms in total. The molecule has 0 aliphatic heterocycles. The van der Waals surface area contributed by atoms with Gasteiger partial charge in [-0.05, 0) is 86.9 Å². The molecule has 6 heteroatoms. The lowest BCUT2D eigenvalue weighted by Gasteiger charge is -2.14. The van der Waals surface area contributed by atoms with Crippen LogP contribution in [-0.2, 0) is 0 Å². The fourth-order valence-corrected chi connectivity index (χ4v) is 11.1. The van der Waals surface area contributed by atoms with Crippen LogP contribution in [0.4, 0.5) is 0 Å². The fourth-order valence-electron chi connectivity index (χ4n) is 9.91. The molecule has 0 aliphatic carbocycles. The number of furan rings is 1. The Hall–Kier alpha value is -8.19. The average Bonchev–Trinajstić information content (AvgIpc) is 4.02. The summed E-state index contributed by atoms with van der Waals surface area (Å²) in [6.45, 7) is 0. The highest BCUT2D eigenvalue weighted by Crippen LogP contribution is 2.44. The van der Waals surface area contributed by atoms with Crippen molar-refractivity contribution in [1.29, 1.82) is 0 Å². The number of para-hydroxylation sites is 1. The summed E-state index contributed by atoms with van der Waals surface area (Å²) in [5.41, 5.74) is 7.75. The maximum absolute atomic E-state index is 6.72. The summed E-state index contributed by atoms with van der Waals surface area (Å²) < 4.78 is 11.6. The van der Waals surface area contributed by atoms with Gasteiger partial charge in [0.05, 0.1) is 11.0 Å². The monoisotopic (exact) mass is 820 g/mol. The Morgan fingerprint density at radius 1 is 0.365 bits per heavy atom. The van der Waals surface area contributed by atoms with Crippen LogP contribution >= 0.6 is 11.3 Å². The first-order valence-electron chi connectivity index (χ1n) is 21.2. The molecule has 0 bridgehead atoms. The predicted octanol–water partition coefficient (Wildman–Crippen LogP) is 15.7. The predicted molar refractivity (Wildman–Crippen MR) is 263 cm³/mol. The molecular formula is C57H32N4OS. The molecule has 10 aromatic carbocycles. The highest BCUT2D eigenvalue weighted by Gasteiger charge is 2.22. The zero-order valence-corrected chi connectivity index (χ0v) is 34.4. The number of rotatable bonds is 4. The van der Waals surface area contributed by atoms with Crippen molar-refractivity contribution >= 4 is 108 Å². The van der Waals surface area contributed by atoms with Gasteiger partial charge < -0.3 is 8.98 Å². The molecule has 0 saturated heterocycles.